The highest BCUT2D eigenvalue weighted by Crippen LogP contribution is 2.29. The van der Waals surface area contributed by atoms with Gasteiger partial charge in [-0.2, -0.15) is 5.10 Å². The molecule has 0 aromatic carbocycles. The second-order valence-corrected chi connectivity index (χ2v) is 4.61. The maximum atomic E-state index is 10.2. The van der Waals surface area contributed by atoms with Crippen LogP contribution < -0.4 is 0 Å². The molecule has 0 fully saturated rings. The summed E-state index contributed by atoms with van der Waals surface area (Å²) in [6, 6.07) is 3.89. The number of aliphatic hydroxyl groups excluding tert-OH is 1. The van der Waals surface area contributed by atoms with Gasteiger partial charge in [0.2, 0.25) is 0 Å². The third-order valence-corrected chi connectivity index (χ3v) is 3.58. The van der Waals surface area contributed by atoms with Crippen LogP contribution in [0.3, 0.4) is 0 Å². The molecule has 2 aromatic rings. The van der Waals surface area contributed by atoms with E-state index in [2.05, 4.69) is 5.10 Å². The minimum atomic E-state index is -0.543. The molecule has 15 heavy (non-hydrogen) atoms. The second-order valence-electron chi connectivity index (χ2n) is 3.63. The summed E-state index contributed by atoms with van der Waals surface area (Å²) >= 11 is 1.57. The molecule has 0 aliphatic heterocycles. The molecular formula is C11H14N2OS. The number of thiophene rings is 1. The zero-order valence-electron chi connectivity index (χ0n) is 9.06. The van der Waals surface area contributed by atoms with Crippen molar-refractivity contribution in [2.24, 2.45) is 7.05 Å². The minimum Gasteiger partial charge on any atom is -0.383 e. The summed E-state index contributed by atoms with van der Waals surface area (Å²) in [5.41, 5.74) is 2.85. The number of hydrogen-bond donors (Lipinski definition) is 1. The van der Waals surface area contributed by atoms with E-state index in [4.69, 9.17) is 0 Å². The lowest BCUT2D eigenvalue weighted by Gasteiger charge is -2.08. The Labute approximate surface area is 93.0 Å². The summed E-state index contributed by atoms with van der Waals surface area (Å²) in [7, 11) is 1.90. The van der Waals surface area contributed by atoms with Crippen molar-refractivity contribution in [3.8, 4) is 0 Å². The van der Waals surface area contributed by atoms with Crippen LogP contribution in [0, 0.1) is 13.8 Å². The molecule has 0 saturated heterocycles. The number of aryl methyl sites for hydroxylation is 2. The Bertz CT molecular complexity index is 459. The fourth-order valence-corrected chi connectivity index (χ4v) is 2.49. The first-order valence-electron chi connectivity index (χ1n) is 4.83. The molecule has 1 unspecified atom stereocenters. The van der Waals surface area contributed by atoms with Crippen molar-refractivity contribution >= 4 is 11.3 Å². The van der Waals surface area contributed by atoms with Gasteiger partial charge in [-0.1, -0.05) is 6.07 Å². The Morgan fingerprint density at radius 1 is 1.47 bits per heavy atom. The van der Waals surface area contributed by atoms with Gasteiger partial charge < -0.3 is 5.11 Å². The molecule has 0 spiro atoms. The van der Waals surface area contributed by atoms with Gasteiger partial charge >= 0.3 is 0 Å². The molecule has 0 aliphatic rings. The van der Waals surface area contributed by atoms with Crippen molar-refractivity contribution in [2.45, 2.75) is 20.0 Å². The highest BCUT2D eigenvalue weighted by Gasteiger charge is 2.19. The zero-order chi connectivity index (χ0) is 11.0. The Hall–Kier alpha value is -1.13. The predicted octanol–water partition coefficient (Wildman–Crippen LogP) is 2.18. The van der Waals surface area contributed by atoms with Crippen LogP contribution in [0.5, 0.6) is 0 Å². The van der Waals surface area contributed by atoms with E-state index in [1.54, 1.807) is 11.3 Å². The van der Waals surface area contributed by atoms with Crippen LogP contribution in [0.25, 0.3) is 0 Å². The van der Waals surface area contributed by atoms with Crippen molar-refractivity contribution < 1.29 is 5.11 Å². The van der Waals surface area contributed by atoms with Gasteiger partial charge in [-0.3, -0.25) is 4.68 Å². The van der Waals surface area contributed by atoms with E-state index in [1.807, 2.05) is 43.1 Å². The number of aromatic nitrogens is 2. The first kappa shape index (κ1) is 10.4. The number of aliphatic hydroxyl groups is 1. The molecule has 0 radical (unpaired) electrons. The Balaban J connectivity index is 2.46. The third kappa shape index (κ3) is 1.70. The van der Waals surface area contributed by atoms with Crippen molar-refractivity contribution in [2.75, 3.05) is 0 Å². The molecule has 2 aromatic heterocycles. The molecule has 0 aliphatic carbocycles. The average molecular weight is 222 g/mol. The lowest BCUT2D eigenvalue weighted by Crippen LogP contribution is -2.01. The van der Waals surface area contributed by atoms with Gasteiger partial charge in [0.15, 0.2) is 0 Å². The van der Waals surface area contributed by atoms with Gasteiger partial charge in [0.1, 0.15) is 6.10 Å². The molecule has 0 bridgehead atoms. The molecule has 0 saturated carbocycles. The van der Waals surface area contributed by atoms with E-state index in [1.165, 1.54) is 0 Å². The fraction of sp³-hybridized carbons (Fsp3) is 0.364. The van der Waals surface area contributed by atoms with Crippen LogP contribution in [-0.2, 0) is 7.05 Å². The van der Waals surface area contributed by atoms with E-state index in [0.29, 0.717) is 0 Å². The predicted molar refractivity (Wildman–Crippen MR) is 61.1 cm³/mol. The molecule has 3 nitrogen and oxygen atoms in total. The highest BCUT2D eigenvalue weighted by molar-refractivity contribution is 7.10. The first-order valence-corrected chi connectivity index (χ1v) is 5.70. The summed E-state index contributed by atoms with van der Waals surface area (Å²) in [6.07, 6.45) is -0.543. The SMILES string of the molecule is Cc1nn(C)c(C)c1C(O)c1cccs1. The molecule has 80 valence electrons. The van der Waals surface area contributed by atoms with E-state index in [-0.39, 0.29) is 0 Å². The van der Waals surface area contributed by atoms with E-state index in [0.717, 1.165) is 21.8 Å². The van der Waals surface area contributed by atoms with E-state index >= 15 is 0 Å². The van der Waals surface area contributed by atoms with Gasteiger partial charge in [-0.25, -0.2) is 0 Å². The lowest BCUT2D eigenvalue weighted by molar-refractivity contribution is 0.222. The van der Waals surface area contributed by atoms with Crippen LogP contribution >= 0.6 is 11.3 Å². The Morgan fingerprint density at radius 2 is 2.20 bits per heavy atom. The lowest BCUT2D eigenvalue weighted by atomic mass is 10.1. The normalized spacial score (nSPS) is 13.1. The maximum absolute atomic E-state index is 10.2. The Kier molecular flexibility index (Phi) is 2.63. The largest absolute Gasteiger partial charge is 0.383 e. The van der Waals surface area contributed by atoms with Crippen molar-refractivity contribution in [1.82, 2.24) is 9.78 Å². The van der Waals surface area contributed by atoms with E-state index in [9.17, 15) is 5.11 Å². The summed E-state index contributed by atoms with van der Waals surface area (Å²) in [4.78, 5) is 0.967. The summed E-state index contributed by atoms with van der Waals surface area (Å²) in [5, 5.41) is 16.5. The van der Waals surface area contributed by atoms with Crippen LogP contribution in [0.15, 0.2) is 17.5 Å². The first-order chi connectivity index (χ1) is 7.11. The standard InChI is InChI=1S/C11H14N2OS/c1-7-10(8(2)13(3)12-7)11(14)9-5-4-6-15-9/h4-6,11,14H,1-3H3. The topological polar surface area (TPSA) is 38.0 Å². The Morgan fingerprint density at radius 3 is 2.67 bits per heavy atom. The zero-order valence-corrected chi connectivity index (χ0v) is 9.88. The molecule has 2 rings (SSSR count). The molecule has 2 heterocycles. The van der Waals surface area contributed by atoms with Crippen molar-refractivity contribution in [3.63, 3.8) is 0 Å². The van der Waals surface area contributed by atoms with Crippen LogP contribution in [0.2, 0.25) is 0 Å². The summed E-state index contributed by atoms with van der Waals surface area (Å²) < 4.78 is 1.81. The number of hydrogen-bond acceptors (Lipinski definition) is 3. The van der Waals surface area contributed by atoms with Gasteiger partial charge in [-0.15, -0.1) is 11.3 Å². The number of nitrogens with zero attached hydrogens (tertiary/aromatic N) is 2. The van der Waals surface area contributed by atoms with Gasteiger partial charge in [0, 0.05) is 23.2 Å². The molecule has 1 atom stereocenters. The van der Waals surface area contributed by atoms with Crippen LogP contribution in [0.4, 0.5) is 0 Å². The second kappa shape index (κ2) is 3.79. The molecule has 1 N–H and O–H groups in total. The highest BCUT2D eigenvalue weighted by atomic mass is 32.1. The smallest absolute Gasteiger partial charge is 0.117 e. The van der Waals surface area contributed by atoms with Crippen molar-refractivity contribution in [3.05, 3.63) is 39.3 Å². The average Bonchev–Trinajstić information content (AvgIpc) is 2.76. The molecule has 4 heteroatoms. The minimum absolute atomic E-state index is 0.543. The third-order valence-electron chi connectivity index (χ3n) is 2.65. The van der Waals surface area contributed by atoms with Gasteiger partial charge in [0.25, 0.3) is 0 Å². The quantitative estimate of drug-likeness (QED) is 0.845. The summed E-state index contributed by atoms with van der Waals surface area (Å²) in [5.74, 6) is 0. The van der Waals surface area contributed by atoms with Gasteiger partial charge in [0.05, 0.1) is 5.69 Å². The fourth-order valence-electron chi connectivity index (χ4n) is 1.77. The van der Waals surface area contributed by atoms with Gasteiger partial charge in [-0.05, 0) is 25.3 Å². The maximum Gasteiger partial charge on any atom is 0.117 e. The summed E-state index contributed by atoms with van der Waals surface area (Å²) in [6.45, 7) is 3.91. The molecule has 0 amide bonds. The monoisotopic (exact) mass is 222 g/mol. The van der Waals surface area contributed by atoms with E-state index < -0.39 is 6.10 Å². The number of rotatable bonds is 2. The van der Waals surface area contributed by atoms with Crippen LogP contribution in [-0.4, -0.2) is 14.9 Å². The molecular weight excluding hydrogens is 208 g/mol. The van der Waals surface area contributed by atoms with Crippen molar-refractivity contribution in [1.29, 1.82) is 0 Å². The van der Waals surface area contributed by atoms with Crippen LogP contribution in [0.1, 0.15) is 27.9 Å².